The van der Waals surface area contributed by atoms with Gasteiger partial charge in [0.05, 0.1) is 11.9 Å². The highest BCUT2D eigenvalue weighted by molar-refractivity contribution is 7.92. The van der Waals surface area contributed by atoms with Crippen LogP contribution in [0.15, 0.2) is 72.8 Å². The standard InChI is InChI=1S/C30H35Cl2N3O4S/c1-21-14-15-25(18-26(21)32)35(40(5,38)39)20-28(36)34(19-23-12-9-13-24(31)16-23)27(29(37)33-30(2,3)4)17-22-10-7-6-8-11-22/h6-16,18,27H,17,19-20H2,1-5H3,(H,33,37)/t27-/m1/s1. The van der Waals surface area contributed by atoms with Crippen LogP contribution in [0.3, 0.4) is 0 Å². The summed E-state index contributed by atoms with van der Waals surface area (Å²) in [6, 6.07) is 20.3. The molecule has 0 aliphatic carbocycles. The molecular weight excluding hydrogens is 569 g/mol. The highest BCUT2D eigenvalue weighted by Gasteiger charge is 2.34. The molecule has 0 saturated heterocycles. The van der Waals surface area contributed by atoms with E-state index in [4.69, 9.17) is 23.2 Å². The summed E-state index contributed by atoms with van der Waals surface area (Å²) in [6.07, 6.45) is 1.26. The molecule has 1 atom stereocenters. The Labute approximate surface area is 247 Å². The van der Waals surface area contributed by atoms with E-state index >= 15 is 0 Å². The van der Waals surface area contributed by atoms with Gasteiger partial charge in [0.15, 0.2) is 0 Å². The van der Waals surface area contributed by atoms with Gasteiger partial charge >= 0.3 is 0 Å². The fraction of sp³-hybridized carbons (Fsp3) is 0.333. The summed E-state index contributed by atoms with van der Waals surface area (Å²) in [5.74, 6) is -0.900. The maximum atomic E-state index is 14.1. The number of carbonyl (C=O) groups excluding carboxylic acids is 2. The molecule has 0 radical (unpaired) electrons. The maximum Gasteiger partial charge on any atom is 0.244 e. The van der Waals surface area contributed by atoms with Crippen LogP contribution in [0.2, 0.25) is 10.0 Å². The lowest BCUT2D eigenvalue weighted by Gasteiger charge is -2.35. The summed E-state index contributed by atoms with van der Waals surface area (Å²) in [6.45, 7) is 6.91. The molecule has 3 aromatic rings. The SMILES string of the molecule is Cc1ccc(N(CC(=O)N(Cc2cccc(Cl)c2)[C@H](Cc2ccccc2)C(=O)NC(C)(C)C)S(C)(=O)=O)cc1Cl. The van der Waals surface area contributed by atoms with Gasteiger partial charge in [-0.1, -0.05) is 71.7 Å². The lowest BCUT2D eigenvalue weighted by atomic mass is 10.0. The van der Waals surface area contributed by atoms with E-state index in [2.05, 4.69) is 5.32 Å². The Morgan fingerprint density at radius 1 is 0.925 bits per heavy atom. The molecule has 0 heterocycles. The van der Waals surface area contributed by atoms with E-state index in [1.807, 2.05) is 57.2 Å². The Morgan fingerprint density at radius 3 is 2.15 bits per heavy atom. The highest BCUT2D eigenvalue weighted by atomic mass is 35.5. The Bertz CT molecular complexity index is 1460. The van der Waals surface area contributed by atoms with Gasteiger partial charge in [-0.3, -0.25) is 13.9 Å². The zero-order valence-electron chi connectivity index (χ0n) is 23.3. The first-order valence-corrected chi connectivity index (χ1v) is 15.4. The average Bonchev–Trinajstić information content (AvgIpc) is 2.85. The summed E-state index contributed by atoms with van der Waals surface area (Å²) in [7, 11) is -3.88. The van der Waals surface area contributed by atoms with Crippen LogP contribution < -0.4 is 9.62 Å². The quantitative estimate of drug-likeness (QED) is 0.326. The number of nitrogens with zero attached hydrogens (tertiary/aromatic N) is 2. The van der Waals surface area contributed by atoms with Crippen LogP contribution in [0.4, 0.5) is 5.69 Å². The molecule has 40 heavy (non-hydrogen) atoms. The molecule has 1 N–H and O–H groups in total. The summed E-state index contributed by atoms with van der Waals surface area (Å²) in [5, 5.41) is 3.85. The molecule has 2 amide bonds. The Hall–Kier alpha value is -3.07. The van der Waals surface area contributed by atoms with Crippen molar-refractivity contribution in [1.29, 1.82) is 0 Å². The molecule has 0 aliphatic heterocycles. The molecule has 214 valence electrons. The van der Waals surface area contributed by atoms with Gasteiger partial charge in [-0.25, -0.2) is 8.42 Å². The van der Waals surface area contributed by atoms with Crippen molar-refractivity contribution >= 4 is 50.7 Å². The first-order valence-electron chi connectivity index (χ1n) is 12.8. The van der Waals surface area contributed by atoms with Crippen molar-refractivity contribution in [2.24, 2.45) is 0 Å². The van der Waals surface area contributed by atoms with Gasteiger partial charge < -0.3 is 10.2 Å². The largest absolute Gasteiger partial charge is 0.350 e. The number of benzene rings is 3. The zero-order chi connectivity index (χ0) is 29.7. The van der Waals surface area contributed by atoms with E-state index in [-0.39, 0.29) is 24.6 Å². The third kappa shape index (κ3) is 8.98. The van der Waals surface area contributed by atoms with Crippen LogP contribution in [0.5, 0.6) is 0 Å². The molecule has 0 fully saturated rings. The van der Waals surface area contributed by atoms with E-state index in [1.54, 1.807) is 37.3 Å². The molecule has 10 heteroatoms. The van der Waals surface area contributed by atoms with Crippen LogP contribution >= 0.6 is 23.2 Å². The molecular formula is C30H35Cl2N3O4S. The molecule has 3 aromatic carbocycles. The van der Waals surface area contributed by atoms with E-state index in [0.717, 1.165) is 21.7 Å². The third-order valence-corrected chi connectivity index (χ3v) is 7.92. The summed E-state index contributed by atoms with van der Waals surface area (Å²) < 4.78 is 26.8. The van der Waals surface area contributed by atoms with Crippen molar-refractivity contribution in [3.63, 3.8) is 0 Å². The van der Waals surface area contributed by atoms with Gasteiger partial charge in [0.25, 0.3) is 0 Å². The summed E-state index contributed by atoms with van der Waals surface area (Å²) in [5.41, 5.74) is 2.02. The molecule has 0 unspecified atom stereocenters. The number of amides is 2. The Kier molecular flexibility index (Phi) is 10.3. The minimum atomic E-state index is -3.88. The van der Waals surface area contributed by atoms with Crippen molar-refractivity contribution in [2.75, 3.05) is 17.1 Å². The molecule has 7 nitrogen and oxygen atoms in total. The number of sulfonamides is 1. The molecule has 0 aliphatic rings. The van der Waals surface area contributed by atoms with Crippen molar-refractivity contribution in [1.82, 2.24) is 10.2 Å². The minimum absolute atomic E-state index is 0.0424. The lowest BCUT2D eigenvalue weighted by Crippen LogP contribution is -2.56. The second kappa shape index (κ2) is 13.1. The maximum absolute atomic E-state index is 14.1. The first-order chi connectivity index (χ1) is 18.6. The fourth-order valence-electron chi connectivity index (χ4n) is 4.19. The van der Waals surface area contributed by atoms with Crippen molar-refractivity contribution in [2.45, 2.75) is 52.2 Å². The average molecular weight is 605 g/mol. The molecule has 0 saturated carbocycles. The van der Waals surface area contributed by atoms with Crippen LogP contribution in [-0.2, 0) is 32.6 Å². The van der Waals surface area contributed by atoms with E-state index in [1.165, 1.54) is 11.0 Å². The minimum Gasteiger partial charge on any atom is -0.350 e. The smallest absolute Gasteiger partial charge is 0.244 e. The van der Waals surface area contributed by atoms with Gasteiger partial charge in [0.2, 0.25) is 21.8 Å². The van der Waals surface area contributed by atoms with E-state index in [9.17, 15) is 18.0 Å². The van der Waals surface area contributed by atoms with Crippen molar-refractivity contribution < 1.29 is 18.0 Å². The van der Waals surface area contributed by atoms with Crippen molar-refractivity contribution in [3.8, 4) is 0 Å². The molecule has 3 rings (SSSR count). The molecule has 0 bridgehead atoms. The van der Waals surface area contributed by atoms with Crippen LogP contribution in [0.25, 0.3) is 0 Å². The summed E-state index contributed by atoms with van der Waals surface area (Å²) in [4.78, 5) is 29.2. The molecule has 0 spiro atoms. The van der Waals surface area contributed by atoms with Gasteiger partial charge in [0, 0.05) is 28.5 Å². The second-order valence-electron chi connectivity index (χ2n) is 10.8. The normalized spacial score (nSPS) is 12.5. The number of nitrogens with one attached hydrogen (secondary N) is 1. The van der Waals surface area contributed by atoms with Gasteiger partial charge in [-0.2, -0.15) is 0 Å². The predicted molar refractivity (Wildman–Crippen MR) is 162 cm³/mol. The van der Waals surface area contributed by atoms with Crippen LogP contribution in [0, 0.1) is 6.92 Å². The fourth-order valence-corrected chi connectivity index (χ4v) is 5.42. The van der Waals surface area contributed by atoms with Crippen LogP contribution in [-0.4, -0.2) is 49.5 Å². The number of halogens is 2. The number of carbonyl (C=O) groups is 2. The molecule has 0 aromatic heterocycles. The predicted octanol–water partition coefficient (Wildman–Crippen LogP) is 5.62. The monoisotopic (exact) mass is 603 g/mol. The zero-order valence-corrected chi connectivity index (χ0v) is 25.6. The topological polar surface area (TPSA) is 86.8 Å². The highest BCUT2D eigenvalue weighted by Crippen LogP contribution is 2.26. The third-order valence-electron chi connectivity index (χ3n) is 6.13. The number of rotatable bonds is 10. The first kappa shape index (κ1) is 31.5. The second-order valence-corrected chi connectivity index (χ2v) is 13.5. The van der Waals surface area contributed by atoms with E-state index in [0.29, 0.717) is 15.6 Å². The van der Waals surface area contributed by atoms with Crippen molar-refractivity contribution in [3.05, 3.63) is 99.5 Å². The summed E-state index contributed by atoms with van der Waals surface area (Å²) >= 11 is 12.5. The number of hydrogen-bond acceptors (Lipinski definition) is 4. The number of hydrogen-bond donors (Lipinski definition) is 1. The van der Waals surface area contributed by atoms with Gasteiger partial charge in [-0.05, 0) is 68.7 Å². The van der Waals surface area contributed by atoms with Gasteiger partial charge in [0.1, 0.15) is 12.6 Å². The van der Waals surface area contributed by atoms with Gasteiger partial charge in [-0.15, -0.1) is 0 Å². The van der Waals surface area contributed by atoms with Crippen LogP contribution in [0.1, 0.15) is 37.5 Å². The number of anilines is 1. The van der Waals surface area contributed by atoms with E-state index < -0.39 is 34.1 Å². The number of aryl methyl sites for hydroxylation is 1. The lowest BCUT2D eigenvalue weighted by molar-refractivity contribution is -0.140. The Balaban J connectivity index is 2.09. The Morgan fingerprint density at radius 2 is 1.57 bits per heavy atom.